The highest BCUT2D eigenvalue weighted by Crippen LogP contribution is 2.20. The first-order valence-corrected chi connectivity index (χ1v) is 27.1. The predicted molar refractivity (Wildman–Crippen MR) is 266 cm³/mol. The fourth-order valence-corrected chi connectivity index (χ4v) is 8.58. The topological polar surface area (TPSA) is 130 Å². The Morgan fingerprint density at radius 1 is 0.594 bits per heavy atom. The zero-order valence-corrected chi connectivity index (χ0v) is 42.1. The Labute approximate surface area is 393 Å². The summed E-state index contributed by atoms with van der Waals surface area (Å²) in [5.41, 5.74) is 0.271. The van der Waals surface area contributed by atoms with Gasteiger partial charge >= 0.3 is 11.9 Å². The molecule has 3 N–H and O–H groups in total. The van der Waals surface area contributed by atoms with Crippen LogP contribution in [0.2, 0.25) is 0 Å². The van der Waals surface area contributed by atoms with Crippen LogP contribution in [0.1, 0.15) is 262 Å². The van der Waals surface area contributed by atoms with E-state index in [1.54, 1.807) is 19.3 Å². The second-order valence-electron chi connectivity index (χ2n) is 19.0. The van der Waals surface area contributed by atoms with Crippen molar-refractivity contribution in [3.8, 4) is 5.88 Å². The number of aryl methyl sites for hydroxylation is 1. The zero-order chi connectivity index (χ0) is 46.7. The molecule has 1 rings (SSSR count). The van der Waals surface area contributed by atoms with E-state index in [0.29, 0.717) is 39.0 Å². The number of esters is 2. The van der Waals surface area contributed by atoms with Crippen LogP contribution in [0, 0.1) is 0 Å². The van der Waals surface area contributed by atoms with Crippen LogP contribution in [-0.4, -0.2) is 82.5 Å². The van der Waals surface area contributed by atoms with E-state index in [4.69, 9.17) is 9.47 Å². The summed E-state index contributed by atoms with van der Waals surface area (Å²) in [6.45, 7) is 10.2. The van der Waals surface area contributed by atoms with E-state index < -0.39 is 6.10 Å². The minimum atomic E-state index is -0.457. The molecule has 0 bridgehead atoms. The third-order valence-electron chi connectivity index (χ3n) is 12.8. The van der Waals surface area contributed by atoms with Crippen LogP contribution in [0.5, 0.6) is 5.88 Å². The van der Waals surface area contributed by atoms with E-state index in [0.717, 1.165) is 116 Å². The SMILES string of the molecule is CCCCCCCCCCCOC(=O)CCCCCN(CCCCCCCC(=O)OC(CCCCCCCC)CCCCCCCC)CC(O)CCCCNC(=O)c1ccn(C)c1O. The van der Waals surface area contributed by atoms with E-state index in [2.05, 4.69) is 31.0 Å². The lowest BCUT2D eigenvalue weighted by Gasteiger charge is -2.25. The molecule has 1 aromatic heterocycles. The normalized spacial score (nSPS) is 12.0. The van der Waals surface area contributed by atoms with Crippen LogP contribution in [-0.2, 0) is 26.1 Å². The van der Waals surface area contributed by atoms with Gasteiger partial charge in [-0.2, -0.15) is 0 Å². The highest BCUT2D eigenvalue weighted by atomic mass is 16.5. The molecular formula is C54H101N3O7. The van der Waals surface area contributed by atoms with Gasteiger partial charge in [0.1, 0.15) is 11.7 Å². The molecule has 0 spiro atoms. The summed E-state index contributed by atoms with van der Waals surface area (Å²) in [6, 6.07) is 1.61. The molecule has 0 radical (unpaired) electrons. The van der Waals surface area contributed by atoms with E-state index >= 15 is 0 Å². The summed E-state index contributed by atoms with van der Waals surface area (Å²) in [7, 11) is 1.69. The molecule has 1 unspecified atom stereocenters. The fraction of sp³-hybridized carbons (Fsp3) is 0.870. The van der Waals surface area contributed by atoms with Gasteiger partial charge in [0.15, 0.2) is 0 Å². The van der Waals surface area contributed by atoms with Crippen LogP contribution in [0.15, 0.2) is 12.3 Å². The van der Waals surface area contributed by atoms with E-state index in [-0.39, 0.29) is 35.4 Å². The van der Waals surface area contributed by atoms with E-state index in [9.17, 15) is 24.6 Å². The molecule has 1 atom stereocenters. The number of unbranched alkanes of at least 4 members (excludes halogenated alkanes) is 25. The maximum Gasteiger partial charge on any atom is 0.306 e. The lowest BCUT2D eigenvalue weighted by atomic mass is 10.0. The van der Waals surface area contributed by atoms with Gasteiger partial charge in [-0.3, -0.25) is 14.4 Å². The van der Waals surface area contributed by atoms with Crippen LogP contribution in [0.4, 0.5) is 0 Å². The van der Waals surface area contributed by atoms with Crippen molar-refractivity contribution in [1.29, 1.82) is 0 Å². The molecule has 0 saturated carbocycles. The maximum absolute atomic E-state index is 12.9. The van der Waals surface area contributed by atoms with E-state index in [1.807, 2.05) is 0 Å². The maximum atomic E-state index is 12.9. The smallest absolute Gasteiger partial charge is 0.306 e. The Kier molecular flexibility index (Phi) is 39.9. The van der Waals surface area contributed by atoms with Gasteiger partial charge in [-0.1, -0.05) is 162 Å². The monoisotopic (exact) mass is 904 g/mol. The third-order valence-corrected chi connectivity index (χ3v) is 12.8. The Bertz CT molecular complexity index is 1220. The summed E-state index contributed by atoms with van der Waals surface area (Å²) in [6.07, 6.45) is 40.6. The standard InChI is InChI=1S/C54H101N3O7/c1-5-8-11-14-17-18-19-25-35-46-63-51(59)39-30-26-34-44-57(47-48(58)36-31-32-42-55-53(61)50-41-45-56(4)54(50)62)43-33-24-20-23-29-40-52(60)64-49(37-27-21-15-12-9-6-2)38-28-22-16-13-10-7-3/h41,45,48-49,58,62H,5-40,42-44,46-47H2,1-4H3,(H,55,61). The summed E-state index contributed by atoms with van der Waals surface area (Å²) < 4.78 is 13.1. The molecule has 0 saturated heterocycles. The van der Waals surface area contributed by atoms with Gasteiger partial charge in [-0.25, -0.2) is 0 Å². The van der Waals surface area contributed by atoms with Gasteiger partial charge in [0.05, 0.1) is 12.7 Å². The molecule has 0 fully saturated rings. The number of carbonyl (C=O) groups is 3. The lowest BCUT2D eigenvalue weighted by Crippen LogP contribution is -2.34. The number of rotatable bonds is 47. The van der Waals surface area contributed by atoms with Crippen molar-refractivity contribution in [2.45, 2.75) is 264 Å². The van der Waals surface area contributed by atoms with Crippen LogP contribution in [0.3, 0.4) is 0 Å². The molecule has 10 nitrogen and oxygen atoms in total. The Balaban J connectivity index is 2.44. The molecule has 0 aliphatic heterocycles. The van der Waals surface area contributed by atoms with Crippen molar-refractivity contribution in [2.75, 3.05) is 32.8 Å². The van der Waals surface area contributed by atoms with Crippen LogP contribution in [0.25, 0.3) is 0 Å². The van der Waals surface area contributed by atoms with Crippen LogP contribution < -0.4 is 5.32 Å². The van der Waals surface area contributed by atoms with Crippen LogP contribution >= 0.6 is 0 Å². The fourth-order valence-electron chi connectivity index (χ4n) is 8.58. The minimum absolute atomic E-state index is 0.0212. The first-order chi connectivity index (χ1) is 31.2. The Morgan fingerprint density at radius 2 is 1.05 bits per heavy atom. The number of aromatic nitrogens is 1. The molecule has 1 aromatic rings. The van der Waals surface area contributed by atoms with Gasteiger partial charge < -0.3 is 34.5 Å². The summed E-state index contributed by atoms with van der Waals surface area (Å²) >= 11 is 0. The first-order valence-electron chi connectivity index (χ1n) is 27.1. The second kappa shape index (κ2) is 43.0. The molecule has 64 heavy (non-hydrogen) atoms. The minimum Gasteiger partial charge on any atom is -0.494 e. The number of aliphatic hydroxyl groups excluding tert-OH is 1. The van der Waals surface area contributed by atoms with Crippen molar-refractivity contribution in [1.82, 2.24) is 14.8 Å². The number of aromatic hydroxyl groups is 1. The summed E-state index contributed by atoms with van der Waals surface area (Å²) in [5.74, 6) is -0.438. The van der Waals surface area contributed by atoms with Gasteiger partial charge in [0, 0.05) is 39.2 Å². The number of amides is 1. The molecule has 10 heteroatoms. The highest BCUT2D eigenvalue weighted by Gasteiger charge is 2.16. The van der Waals surface area contributed by atoms with Crippen molar-refractivity contribution >= 4 is 17.8 Å². The molecule has 1 heterocycles. The van der Waals surface area contributed by atoms with Gasteiger partial charge in [0.2, 0.25) is 5.88 Å². The number of aliphatic hydroxyl groups is 1. The molecule has 0 aliphatic carbocycles. The Hall–Kier alpha value is -2.59. The molecule has 0 aromatic carbocycles. The van der Waals surface area contributed by atoms with E-state index in [1.165, 1.54) is 114 Å². The van der Waals surface area contributed by atoms with Gasteiger partial charge in [-0.05, 0) is 96.2 Å². The number of nitrogens with one attached hydrogen (secondary N) is 1. The average molecular weight is 904 g/mol. The summed E-state index contributed by atoms with van der Waals surface area (Å²) in [4.78, 5) is 40.0. The average Bonchev–Trinajstić information content (AvgIpc) is 3.62. The van der Waals surface area contributed by atoms with Crippen molar-refractivity contribution in [3.05, 3.63) is 17.8 Å². The van der Waals surface area contributed by atoms with Crippen molar-refractivity contribution in [2.24, 2.45) is 7.05 Å². The quantitative estimate of drug-likeness (QED) is 0.0435. The summed E-state index contributed by atoms with van der Waals surface area (Å²) in [5, 5.41) is 23.9. The highest BCUT2D eigenvalue weighted by molar-refractivity contribution is 5.96. The third kappa shape index (κ3) is 34.7. The molecule has 1 amide bonds. The number of hydrogen-bond acceptors (Lipinski definition) is 8. The molecule has 0 aliphatic rings. The molecule has 374 valence electrons. The Morgan fingerprint density at radius 3 is 1.58 bits per heavy atom. The number of hydrogen-bond donors (Lipinski definition) is 3. The zero-order valence-electron chi connectivity index (χ0n) is 42.1. The number of ether oxygens (including phenoxy) is 2. The van der Waals surface area contributed by atoms with Gasteiger partial charge in [0.25, 0.3) is 5.91 Å². The lowest BCUT2D eigenvalue weighted by molar-refractivity contribution is -0.150. The van der Waals surface area contributed by atoms with Crippen molar-refractivity contribution in [3.63, 3.8) is 0 Å². The second-order valence-corrected chi connectivity index (χ2v) is 19.0. The number of carbonyl (C=O) groups excluding carboxylic acids is 3. The van der Waals surface area contributed by atoms with Gasteiger partial charge in [-0.15, -0.1) is 0 Å². The number of nitrogens with zero attached hydrogens (tertiary/aromatic N) is 2. The first kappa shape index (κ1) is 59.4. The van der Waals surface area contributed by atoms with Crippen molar-refractivity contribution < 1.29 is 34.1 Å². The predicted octanol–water partition coefficient (Wildman–Crippen LogP) is 13.7. The largest absolute Gasteiger partial charge is 0.494 e. The molecular weight excluding hydrogens is 803 g/mol.